The molecule has 0 aliphatic heterocycles. The predicted octanol–water partition coefficient (Wildman–Crippen LogP) is 0.817. The first kappa shape index (κ1) is 16.2. The second-order valence-electron chi connectivity index (χ2n) is 4.00. The highest BCUT2D eigenvalue weighted by Crippen LogP contribution is 1.99. The van der Waals surface area contributed by atoms with Crippen LogP contribution in [-0.2, 0) is 4.79 Å². The van der Waals surface area contributed by atoms with Gasteiger partial charge in [-0.15, -0.1) is 0 Å². The molecule has 0 aliphatic carbocycles. The fourth-order valence-corrected chi connectivity index (χ4v) is 1.58. The summed E-state index contributed by atoms with van der Waals surface area (Å²) < 4.78 is 24.5. The van der Waals surface area contributed by atoms with Crippen molar-refractivity contribution in [1.29, 1.82) is 0 Å². The molecule has 102 valence electrons. The molecule has 6 heteroatoms. The zero-order chi connectivity index (χ0) is 13.3. The lowest BCUT2D eigenvalue weighted by Gasteiger charge is -2.22. The summed E-state index contributed by atoms with van der Waals surface area (Å²) in [5.41, 5.74) is 5.32. The van der Waals surface area contributed by atoms with E-state index < -0.39 is 13.0 Å². The van der Waals surface area contributed by atoms with Crippen LogP contribution in [0.1, 0.15) is 26.7 Å². The Hall–Kier alpha value is -0.750. The van der Waals surface area contributed by atoms with Gasteiger partial charge in [0.15, 0.2) is 0 Å². The summed E-state index contributed by atoms with van der Waals surface area (Å²) in [5, 5.41) is 2.81. The van der Waals surface area contributed by atoms with Gasteiger partial charge in [0.05, 0.1) is 13.1 Å². The molecule has 0 heterocycles. The van der Waals surface area contributed by atoms with E-state index in [2.05, 4.69) is 5.32 Å². The minimum Gasteiger partial charge on any atom is -0.352 e. The molecule has 0 aromatic rings. The van der Waals surface area contributed by atoms with E-state index in [0.29, 0.717) is 6.54 Å². The summed E-state index contributed by atoms with van der Waals surface area (Å²) in [7, 11) is 0. The average molecular weight is 251 g/mol. The minimum absolute atomic E-state index is 0.0158. The van der Waals surface area contributed by atoms with Crippen molar-refractivity contribution in [3.05, 3.63) is 0 Å². The second-order valence-corrected chi connectivity index (χ2v) is 4.00. The van der Waals surface area contributed by atoms with Crippen LogP contribution in [-0.4, -0.2) is 49.5 Å². The highest BCUT2D eigenvalue weighted by molar-refractivity contribution is 5.78. The molecule has 0 saturated heterocycles. The summed E-state index contributed by atoms with van der Waals surface area (Å²) in [6.07, 6.45) is -0.760. The largest absolute Gasteiger partial charge is 0.352 e. The molecule has 3 N–H and O–H groups in total. The molecular formula is C11H23F2N3O. The Morgan fingerprint density at radius 3 is 2.35 bits per heavy atom. The molecule has 0 saturated carbocycles. The lowest BCUT2D eigenvalue weighted by Crippen LogP contribution is -2.44. The first-order valence-corrected chi connectivity index (χ1v) is 6.03. The average Bonchev–Trinajstić information content (AvgIpc) is 2.25. The van der Waals surface area contributed by atoms with Crippen LogP contribution in [0.3, 0.4) is 0 Å². The van der Waals surface area contributed by atoms with E-state index in [1.807, 2.05) is 13.8 Å². The Morgan fingerprint density at radius 2 is 1.94 bits per heavy atom. The third kappa shape index (κ3) is 8.04. The van der Waals surface area contributed by atoms with Gasteiger partial charge in [-0.2, -0.15) is 0 Å². The van der Waals surface area contributed by atoms with Crippen LogP contribution in [0.4, 0.5) is 8.78 Å². The molecule has 1 amide bonds. The number of carbonyl (C=O) groups excluding carboxylic acids is 1. The number of halogens is 2. The monoisotopic (exact) mass is 251 g/mol. The zero-order valence-corrected chi connectivity index (χ0v) is 10.6. The third-order valence-electron chi connectivity index (χ3n) is 2.56. The summed E-state index contributed by atoms with van der Waals surface area (Å²) >= 11 is 0. The van der Waals surface area contributed by atoms with Crippen molar-refractivity contribution >= 4 is 5.91 Å². The number of rotatable bonds is 9. The number of alkyl halides is 2. The van der Waals surface area contributed by atoms with Crippen molar-refractivity contribution in [2.24, 2.45) is 5.73 Å². The van der Waals surface area contributed by atoms with E-state index >= 15 is 0 Å². The number of nitrogens with zero attached hydrogens (tertiary/aromatic N) is 1. The van der Waals surface area contributed by atoms with Gasteiger partial charge in [-0.1, -0.05) is 13.8 Å². The number of nitrogens with one attached hydrogen (secondary N) is 1. The number of hydrogen-bond acceptors (Lipinski definition) is 3. The normalized spacial score (nSPS) is 11.5. The van der Waals surface area contributed by atoms with E-state index in [4.69, 9.17) is 5.73 Å². The Balaban J connectivity index is 4.10. The molecule has 0 aromatic carbocycles. The van der Waals surface area contributed by atoms with Crippen molar-refractivity contribution in [3.63, 3.8) is 0 Å². The SMILES string of the molecule is CCC(CC)NC(=O)CN(CCN)CC(F)F. The van der Waals surface area contributed by atoms with Crippen molar-refractivity contribution < 1.29 is 13.6 Å². The Morgan fingerprint density at radius 1 is 1.35 bits per heavy atom. The van der Waals surface area contributed by atoms with Crippen LogP contribution in [0.2, 0.25) is 0 Å². The van der Waals surface area contributed by atoms with Gasteiger partial charge in [0.2, 0.25) is 5.91 Å². The van der Waals surface area contributed by atoms with Crippen LogP contribution in [0.15, 0.2) is 0 Å². The molecule has 0 unspecified atom stereocenters. The predicted molar refractivity (Wildman–Crippen MR) is 64.0 cm³/mol. The Labute approximate surface area is 102 Å². The molecule has 0 aliphatic rings. The summed E-state index contributed by atoms with van der Waals surface area (Å²) in [6.45, 7) is 4.10. The molecule has 0 atom stereocenters. The number of amides is 1. The highest BCUT2D eigenvalue weighted by Gasteiger charge is 2.16. The molecule has 0 radical (unpaired) electrons. The fourth-order valence-electron chi connectivity index (χ4n) is 1.58. The van der Waals surface area contributed by atoms with E-state index in [-0.39, 0.29) is 25.0 Å². The van der Waals surface area contributed by atoms with Gasteiger partial charge < -0.3 is 11.1 Å². The van der Waals surface area contributed by atoms with E-state index in [0.717, 1.165) is 12.8 Å². The van der Waals surface area contributed by atoms with Gasteiger partial charge in [-0.05, 0) is 12.8 Å². The number of carbonyl (C=O) groups is 1. The first-order valence-electron chi connectivity index (χ1n) is 6.03. The summed E-state index contributed by atoms with van der Waals surface area (Å²) in [5.74, 6) is -0.215. The lowest BCUT2D eigenvalue weighted by atomic mass is 10.2. The van der Waals surface area contributed by atoms with Gasteiger partial charge in [-0.25, -0.2) is 8.78 Å². The topological polar surface area (TPSA) is 58.4 Å². The summed E-state index contributed by atoms with van der Waals surface area (Å²) in [4.78, 5) is 13.0. The molecule has 0 rings (SSSR count). The lowest BCUT2D eigenvalue weighted by molar-refractivity contribution is -0.123. The molecule has 0 bridgehead atoms. The van der Waals surface area contributed by atoms with Crippen molar-refractivity contribution in [1.82, 2.24) is 10.2 Å². The van der Waals surface area contributed by atoms with Crippen LogP contribution >= 0.6 is 0 Å². The standard InChI is InChI=1S/C11H23F2N3O/c1-3-9(4-2)15-11(17)8-16(6-5-14)7-10(12)13/h9-10H,3-8,14H2,1-2H3,(H,15,17). The van der Waals surface area contributed by atoms with E-state index in [1.165, 1.54) is 4.90 Å². The maximum atomic E-state index is 12.2. The van der Waals surface area contributed by atoms with Crippen LogP contribution < -0.4 is 11.1 Å². The van der Waals surface area contributed by atoms with E-state index in [9.17, 15) is 13.6 Å². The number of hydrogen-bond donors (Lipinski definition) is 2. The van der Waals surface area contributed by atoms with Gasteiger partial charge in [0.25, 0.3) is 6.43 Å². The van der Waals surface area contributed by atoms with Gasteiger partial charge >= 0.3 is 0 Å². The van der Waals surface area contributed by atoms with Crippen LogP contribution in [0, 0.1) is 0 Å². The third-order valence-corrected chi connectivity index (χ3v) is 2.56. The first-order chi connectivity index (χ1) is 8.03. The minimum atomic E-state index is -2.44. The number of nitrogens with two attached hydrogens (primary N) is 1. The zero-order valence-electron chi connectivity index (χ0n) is 10.6. The smallest absolute Gasteiger partial charge is 0.251 e. The van der Waals surface area contributed by atoms with Gasteiger partial charge in [0.1, 0.15) is 0 Å². The highest BCUT2D eigenvalue weighted by atomic mass is 19.3. The van der Waals surface area contributed by atoms with Gasteiger partial charge in [-0.3, -0.25) is 9.69 Å². The maximum Gasteiger partial charge on any atom is 0.251 e. The van der Waals surface area contributed by atoms with Crippen molar-refractivity contribution in [3.8, 4) is 0 Å². The molecule has 0 fully saturated rings. The molecule has 17 heavy (non-hydrogen) atoms. The van der Waals surface area contributed by atoms with Gasteiger partial charge in [0, 0.05) is 19.1 Å². The fraction of sp³-hybridized carbons (Fsp3) is 0.909. The molecular weight excluding hydrogens is 228 g/mol. The Bertz CT molecular complexity index is 211. The molecule has 4 nitrogen and oxygen atoms in total. The quantitative estimate of drug-likeness (QED) is 0.638. The Kier molecular flexibility index (Phi) is 8.89. The van der Waals surface area contributed by atoms with E-state index in [1.54, 1.807) is 0 Å². The van der Waals surface area contributed by atoms with Crippen molar-refractivity contribution in [2.75, 3.05) is 26.2 Å². The van der Waals surface area contributed by atoms with Crippen LogP contribution in [0.5, 0.6) is 0 Å². The molecule has 0 spiro atoms. The maximum absolute atomic E-state index is 12.2. The summed E-state index contributed by atoms with van der Waals surface area (Å²) in [6, 6.07) is 0.119. The van der Waals surface area contributed by atoms with Crippen molar-refractivity contribution in [2.45, 2.75) is 39.2 Å². The second kappa shape index (κ2) is 9.30. The van der Waals surface area contributed by atoms with Crippen LogP contribution in [0.25, 0.3) is 0 Å². The molecule has 0 aromatic heterocycles.